The Bertz CT molecular complexity index is 782. The van der Waals surface area contributed by atoms with E-state index < -0.39 is 16.0 Å². The molecule has 2 N–H and O–H groups in total. The minimum atomic E-state index is -3.99. The normalized spacial score (nSPS) is 11.1. The van der Waals surface area contributed by atoms with Crippen LogP contribution in [0, 0.1) is 0 Å². The summed E-state index contributed by atoms with van der Waals surface area (Å²) < 4.78 is 33.4. The van der Waals surface area contributed by atoms with Crippen molar-refractivity contribution in [2.45, 2.75) is 4.90 Å². The Morgan fingerprint density at radius 1 is 1.43 bits per heavy atom. The van der Waals surface area contributed by atoms with Crippen molar-refractivity contribution in [2.75, 3.05) is 11.8 Å². The van der Waals surface area contributed by atoms with E-state index in [-0.39, 0.29) is 21.9 Å². The molecule has 0 saturated carbocycles. The highest BCUT2D eigenvalue weighted by atomic mass is 32.2. The van der Waals surface area contributed by atoms with E-state index in [1.54, 1.807) is 7.05 Å². The number of carboxylic acid groups (broad SMARTS) is 1. The van der Waals surface area contributed by atoms with Crippen molar-refractivity contribution < 1.29 is 23.1 Å². The van der Waals surface area contributed by atoms with E-state index in [1.807, 2.05) is 0 Å². The minimum Gasteiger partial charge on any atom is -0.495 e. The lowest BCUT2D eigenvalue weighted by atomic mass is 10.2. The maximum atomic E-state index is 12.3. The zero-order chi connectivity index (χ0) is 15.6. The monoisotopic (exact) mass is 311 g/mol. The number of carboxylic acids is 1. The SMILES string of the molecule is COc1ccc(C(=O)O)cc1S(=O)(=O)Nc1cnn(C)c1. The van der Waals surface area contributed by atoms with Gasteiger partial charge in [0.1, 0.15) is 10.6 Å². The summed E-state index contributed by atoms with van der Waals surface area (Å²) in [6, 6.07) is 3.60. The number of nitrogens with zero attached hydrogens (tertiary/aromatic N) is 2. The number of aryl methyl sites for hydroxylation is 1. The fourth-order valence-electron chi connectivity index (χ4n) is 1.70. The third kappa shape index (κ3) is 3.14. The number of hydrogen-bond donors (Lipinski definition) is 2. The van der Waals surface area contributed by atoms with E-state index in [1.165, 1.54) is 36.3 Å². The molecule has 112 valence electrons. The summed E-state index contributed by atoms with van der Waals surface area (Å²) in [5, 5.41) is 12.8. The summed E-state index contributed by atoms with van der Waals surface area (Å²) in [6.45, 7) is 0. The summed E-state index contributed by atoms with van der Waals surface area (Å²) in [7, 11) is -1.04. The van der Waals surface area contributed by atoms with Gasteiger partial charge in [-0.15, -0.1) is 0 Å². The van der Waals surface area contributed by atoms with Gasteiger partial charge in [-0.25, -0.2) is 13.2 Å². The Morgan fingerprint density at radius 2 is 2.14 bits per heavy atom. The molecule has 0 saturated heterocycles. The molecule has 0 bridgehead atoms. The van der Waals surface area contributed by atoms with Crippen molar-refractivity contribution in [2.24, 2.45) is 7.05 Å². The van der Waals surface area contributed by atoms with Gasteiger partial charge in [0.15, 0.2) is 0 Å². The molecule has 1 heterocycles. The van der Waals surface area contributed by atoms with Crippen molar-refractivity contribution in [3.05, 3.63) is 36.2 Å². The summed E-state index contributed by atoms with van der Waals surface area (Å²) >= 11 is 0. The first-order chi connectivity index (χ1) is 9.83. The molecule has 0 aliphatic rings. The Hall–Kier alpha value is -2.55. The highest BCUT2D eigenvalue weighted by Gasteiger charge is 2.22. The Kier molecular flexibility index (Phi) is 3.85. The quantitative estimate of drug-likeness (QED) is 0.849. The van der Waals surface area contributed by atoms with Crippen molar-refractivity contribution in [1.82, 2.24) is 9.78 Å². The molecule has 21 heavy (non-hydrogen) atoms. The van der Waals surface area contributed by atoms with E-state index in [9.17, 15) is 13.2 Å². The van der Waals surface area contributed by atoms with Gasteiger partial charge in [0.25, 0.3) is 10.0 Å². The molecule has 1 aromatic carbocycles. The van der Waals surface area contributed by atoms with Crippen LogP contribution >= 0.6 is 0 Å². The highest BCUT2D eigenvalue weighted by molar-refractivity contribution is 7.92. The van der Waals surface area contributed by atoms with Gasteiger partial charge in [0.05, 0.1) is 24.6 Å². The van der Waals surface area contributed by atoms with E-state index >= 15 is 0 Å². The first-order valence-electron chi connectivity index (χ1n) is 5.76. The van der Waals surface area contributed by atoms with Crippen molar-refractivity contribution in [3.8, 4) is 5.75 Å². The van der Waals surface area contributed by atoms with Crippen LogP contribution in [-0.4, -0.2) is 36.4 Å². The fourth-order valence-corrected chi connectivity index (χ4v) is 2.93. The Labute approximate surface area is 121 Å². The number of rotatable bonds is 5. The predicted molar refractivity (Wildman–Crippen MR) is 74.0 cm³/mol. The van der Waals surface area contributed by atoms with Crippen LogP contribution in [-0.2, 0) is 17.1 Å². The molecular formula is C12H13N3O5S. The van der Waals surface area contributed by atoms with Crippen molar-refractivity contribution in [3.63, 3.8) is 0 Å². The first-order valence-corrected chi connectivity index (χ1v) is 7.24. The molecule has 0 aliphatic heterocycles. The summed E-state index contributed by atoms with van der Waals surface area (Å²) in [5.74, 6) is -1.17. The lowest BCUT2D eigenvalue weighted by molar-refractivity contribution is 0.0696. The van der Waals surface area contributed by atoms with Gasteiger partial charge in [-0.05, 0) is 18.2 Å². The second kappa shape index (κ2) is 5.44. The Balaban J connectivity index is 2.47. The Morgan fingerprint density at radius 3 is 2.67 bits per heavy atom. The van der Waals surface area contributed by atoms with Crippen molar-refractivity contribution in [1.29, 1.82) is 0 Å². The van der Waals surface area contributed by atoms with Crippen LogP contribution in [0.2, 0.25) is 0 Å². The average molecular weight is 311 g/mol. The number of hydrogen-bond acceptors (Lipinski definition) is 5. The van der Waals surface area contributed by atoms with E-state index in [2.05, 4.69) is 9.82 Å². The topological polar surface area (TPSA) is 111 Å². The van der Waals surface area contributed by atoms with Crippen molar-refractivity contribution >= 4 is 21.7 Å². The van der Waals surface area contributed by atoms with Gasteiger partial charge in [-0.1, -0.05) is 0 Å². The van der Waals surface area contributed by atoms with Gasteiger partial charge in [-0.3, -0.25) is 9.40 Å². The van der Waals surface area contributed by atoms with Crippen LogP contribution in [0.25, 0.3) is 0 Å². The summed E-state index contributed by atoms with van der Waals surface area (Å²) in [6.07, 6.45) is 2.82. The first kappa shape index (κ1) is 14.9. The average Bonchev–Trinajstić information content (AvgIpc) is 2.82. The third-order valence-corrected chi connectivity index (χ3v) is 4.06. The van der Waals surface area contributed by atoms with Gasteiger partial charge in [-0.2, -0.15) is 5.10 Å². The summed E-state index contributed by atoms with van der Waals surface area (Å²) in [4.78, 5) is 10.7. The van der Waals surface area contributed by atoms with E-state index in [0.29, 0.717) is 0 Å². The van der Waals surface area contributed by atoms with Gasteiger partial charge in [0.2, 0.25) is 0 Å². The number of nitrogens with one attached hydrogen (secondary N) is 1. The van der Waals surface area contributed by atoms with E-state index in [4.69, 9.17) is 9.84 Å². The van der Waals surface area contributed by atoms with Crippen LogP contribution in [0.15, 0.2) is 35.5 Å². The second-order valence-electron chi connectivity index (χ2n) is 4.18. The molecule has 2 rings (SSSR count). The molecule has 0 unspecified atom stereocenters. The molecule has 0 radical (unpaired) electrons. The van der Waals surface area contributed by atoms with Gasteiger partial charge < -0.3 is 9.84 Å². The molecule has 0 amide bonds. The lowest BCUT2D eigenvalue weighted by Crippen LogP contribution is -2.14. The van der Waals surface area contributed by atoms with Crippen LogP contribution in [0.4, 0.5) is 5.69 Å². The van der Waals surface area contributed by atoms with Crippen LogP contribution < -0.4 is 9.46 Å². The standard InChI is InChI=1S/C12H13N3O5S/c1-15-7-9(6-13-15)14-21(18,19)11-5-8(12(16)17)3-4-10(11)20-2/h3-7,14H,1-2H3,(H,16,17). The molecule has 2 aromatic rings. The van der Waals surface area contributed by atoms with E-state index in [0.717, 1.165) is 6.07 Å². The van der Waals surface area contributed by atoms with Crippen LogP contribution in [0.5, 0.6) is 5.75 Å². The molecular weight excluding hydrogens is 298 g/mol. The number of carbonyl (C=O) groups is 1. The summed E-state index contributed by atoms with van der Waals surface area (Å²) in [5.41, 5.74) is 0.114. The number of anilines is 1. The number of methoxy groups -OCH3 is 1. The number of aromatic carboxylic acids is 1. The molecule has 9 heteroatoms. The zero-order valence-electron chi connectivity index (χ0n) is 11.3. The number of benzene rings is 1. The highest BCUT2D eigenvalue weighted by Crippen LogP contribution is 2.26. The maximum absolute atomic E-state index is 12.3. The van der Waals surface area contributed by atoms with Crippen LogP contribution in [0.1, 0.15) is 10.4 Å². The molecule has 0 spiro atoms. The number of ether oxygens (including phenoxy) is 1. The largest absolute Gasteiger partial charge is 0.495 e. The predicted octanol–water partition coefficient (Wildman–Crippen LogP) is 0.928. The zero-order valence-corrected chi connectivity index (χ0v) is 12.1. The number of aromatic nitrogens is 2. The smallest absolute Gasteiger partial charge is 0.335 e. The third-order valence-electron chi connectivity index (χ3n) is 2.66. The molecule has 0 fully saturated rings. The van der Waals surface area contributed by atoms with Gasteiger partial charge in [0, 0.05) is 13.2 Å². The molecule has 1 aromatic heterocycles. The maximum Gasteiger partial charge on any atom is 0.335 e. The van der Waals surface area contributed by atoms with Crippen LogP contribution in [0.3, 0.4) is 0 Å². The molecule has 0 aliphatic carbocycles. The second-order valence-corrected chi connectivity index (χ2v) is 5.83. The number of sulfonamides is 1. The minimum absolute atomic E-state index is 0.0522. The van der Waals surface area contributed by atoms with Gasteiger partial charge >= 0.3 is 5.97 Å². The molecule has 0 atom stereocenters. The molecule has 8 nitrogen and oxygen atoms in total. The fraction of sp³-hybridized carbons (Fsp3) is 0.167. The lowest BCUT2D eigenvalue weighted by Gasteiger charge is -2.11.